The highest BCUT2D eigenvalue weighted by Gasteiger charge is 2.30. The Hall–Kier alpha value is -0.560. The fourth-order valence-electron chi connectivity index (χ4n) is 2.35. The van der Waals surface area contributed by atoms with Crippen LogP contribution in [0.3, 0.4) is 0 Å². The number of hydrogen-bond donors (Lipinski definition) is 0. The molecule has 1 aromatic heterocycles. The quantitative estimate of drug-likeness (QED) is 0.515. The lowest BCUT2D eigenvalue weighted by atomic mass is 10.5. The number of alkyl halides is 1. The summed E-state index contributed by atoms with van der Waals surface area (Å²) in [6.07, 6.45) is 3.92. The zero-order valence-corrected chi connectivity index (χ0v) is 14.2. The van der Waals surface area contributed by atoms with Crippen LogP contribution in [0.5, 0.6) is 0 Å². The van der Waals surface area contributed by atoms with E-state index in [9.17, 15) is 8.42 Å². The van der Waals surface area contributed by atoms with Crippen LogP contribution in [0.2, 0.25) is 0 Å². The highest BCUT2D eigenvalue weighted by atomic mass is 35.5. The van der Waals surface area contributed by atoms with Gasteiger partial charge in [0.25, 0.3) is 0 Å². The molecule has 1 aliphatic rings. The second-order valence-corrected chi connectivity index (χ2v) is 7.34. The molecule has 0 radical (unpaired) electrons. The summed E-state index contributed by atoms with van der Waals surface area (Å²) in [6, 6.07) is 2.12. The van der Waals surface area contributed by atoms with Crippen LogP contribution >= 0.6 is 11.6 Å². The van der Waals surface area contributed by atoms with Crippen molar-refractivity contribution in [1.82, 2.24) is 8.87 Å². The summed E-state index contributed by atoms with van der Waals surface area (Å²) in [5.74, 6) is 0.330. The van der Waals surface area contributed by atoms with Crippen LogP contribution in [0.25, 0.3) is 0 Å². The molecule has 1 fully saturated rings. The lowest BCUT2D eigenvalue weighted by Gasteiger charge is -2.19. The van der Waals surface area contributed by atoms with E-state index < -0.39 is 10.0 Å². The Labute approximate surface area is 131 Å². The van der Waals surface area contributed by atoms with Gasteiger partial charge >= 0.3 is 0 Å². The molecule has 0 bridgehead atoms. The topological polar surface area (TPSA) is 51.5 Å². The van der Waals surface area contributed by atoms with Gasteiger partial charge in [-0.25, -0.2) is 8.42 Å². The van der Waals surface area contributed by atoms with Gasteiger partial charge in [-0.05, 0) is 25.8 Å². The van der Waals surface area contributed by atoms with E-state index in [-0.39, 0.29) is 0 Å². The molecule has 120 valence electrons. The Morgan fingerprint density at radius 3 is 2.67 bits per heavy atom. The standard InChI is InChI=1S/C14H23ClN2O3S/c1-3-16(7-8-20-4-2)21(18,19)14-9-13(10-15)17(11-14)12-5-6-12/h9,11-12H,3-8,10H2,1-2H3. The second kappa shape index (κ2) is 7.13. The summed E-state index contributed by atoms with van der Waals surface area (Å²) in [6.45, 7) is 5.54. The molecular weight excluding hydrogens is 312 g/mol. The molecule has 0 aliphatic heterocycles. The lowest BCUT2D eigenvalue weighted by Crippen LogP contribution is -2.33. The molecule has 0 amide bonds. The highest BCUT2D eigenvalue weighted by Crippen LogP contribution is 2.38. The van der Waals surface area contributed by atoms with Crippen LogP contribution in [0.1, 0.15) is 38.4 Å². The van der Waals surface area contributed by atoms with Crippen LogP contribution in [0.4, 0.5) is 0 Å². The van der Waals surface area contributed by atoms with Gasteiger partial charge in [0.1, 0.15) is 4.90 Å². The number of ether oxygens (including phenoxy) is 1. The Balaban J connectivity index is 2.20. The van der Waals surface area contributed by atoms with E-state index in [1.807, 2.05) is 18.4 Å². The number of aromatic nitrogens is 1. The number of rotatable bonds is 9. The van der Waals surface area contributed by atoms with Gasteiger partial charge in [-0.1, -0.05) is 6.92 Å². The molecule has 2 rings (SSSR count). The van der Waals surface area contributed by atoms with Crippen molar-refractivity contribution in [3.8, 4) is 0 Å². The Bertz CT molecular complexity index is 567. The Morgan fingerprint density at radius 1 is 1.43 bits per heavy atom. The van der Waals surface area contributed by atoms with Crippen molar-refractivity contribution in [2.24, 2.45) is 0 Å². The van der Waals surface area contributed by atoms with Crippen LogP contribution in [-0.2, 0) is 20.6 Å². The molecular formula is C14H23ClN2O3S. The maximum Gasteiger partial charge on any atom is 0.244 e. The molecule has 7 heteroatoms. The number of likely N-dealkylation sites (N-methyl/N-ethyl adjacent to an activating group) is 1. The average molecular weight is 335 g/mol. The van der Waals surface area contributed by atoms with Gasteiger partial charge in [-0.3, -0.25) is 0 Å². The van der Waals surface area contributed by atoms with Crippen LogP contribution in [0.15, 0.2) is 17.2 Å². The summed E-state index contributed by atoms with van der Waals surface area (Å²) in [5.41, 5.74) is 0.874. The molecule has 0 N–H and O–H groups in total. The zero-order chi connectivity index (χ0) is 15.5. The molecule has 0 saturated heterocycles. The third kappa shape index (κ3) is 3.80. The molecule has 21 heavy (non-hydrogen) atoms. The zero-order valence-electron chi connectivity index (χ0n) is 12.6. The molecule has 1 heterocycles. The van der Waals surface area contributed by atoms with Crippen molar-refractivity contribution in [2.75, 3.05) is 26.3 Å². The maximum atomic E-state index is 12.7. The van der Waals surface area contributed by atoms with Gasteiger partial charge in [-0.2, -0.15) is 4.31 Å². The summed E-state index contributed by atoms with van der Waals surface area (Å²) in [7, 11) is -3.48. The molecule has 1 aromatic rings. The van der Waals surface area contributed by atoms with Gasteiger partial charge in [0.05, 0.1) is 12.5 Å². The van der Waals surface area contributed by atoms with Crippen molar-refractivity contribution in [2.45, 2.75) is 43.5 Å². The van der Waals surface area contributed by atoms with Crippen molar-refractivity contribution < 1.29 is 13.2 Å². The van der Waals surface area contributed by atoms with Crippen LogP contribution in [0, 0.1) is 0 Å². The minimum absolute atomic E-state index is 0.330. The largest absolute Gasteiger partial charge is 0.380 e. The van der Waals surface area contributed by atoms with E-state index in [0.29, 0.717) is 43.1 Å². The van der Waals surface area contributed by atoms with E-state index in [0.717, 1.165) is 18.5 Å². The van der Waals surface area contributed by atoms with Gasteiger partial charge < -0.3 is 9.30 Å². The second-order valence-electron chi connectivity index (χ2n) is 5.13. The molecule has 0 spiro atoms. The molecule has 1 saturated carbocycles. The molecule has 1 aliphatic carbocycles. The molecule has 0 unspecified atom stereocenters. The average Bonchev–Trinajstić information content (AvgIpc) is 3.21. The Morgan fingerprint density at radius 2 is 2.14 bits per heavy atom. The number of halogens is 1. The van der Waals surface area contributed by atoms with Crippen LogP contribution < -0.4 is 0 Å². The van der Waals surface area contributed by atoms with Gasteiger partial charge in [0.15, 0.2) is 0 Å². The summed E-state index contributed by atoms with van der Waals surface area (Å²) < 4.78 is 34.1. The summed E-state index contributed by atoms with van der Waals surface area (Å²) in [4.78, 5) is 0.336. The first-order valence-electron chi connectivity index (χ1n) is 7.39. The van der Waals surface area contributed by atoms with E-state index >= 15 is 0 Å². The third-order valence-corrected chi connectivity index (χ3v) is 5.88. The first-order valence-corrected chi connectivity index (χ1v) is 9.36. The van der Waals surface area contributed by atoms with Crippen molar-refractivity contribution in [3.63, 3.8) is 0 Å². The van der Waals surface area contributed by atoms with Crippen molar-refractivity contribution >= 4 is 21.6 Å². The fourth-order valence-corrected chi connectivity index (χ4v) is 4.05. The van der Waals surface area contributed by atoms with Gasteiger partial charge in [0.2, 0.25) is 10.0 Å². The highest BCUT2D eigenvalue weighted by molar-refractivity contribution is 7.89. The smallest absolute Gasteiger partial charge is 0.244 e. The predicted molar refractivity (Wildman–Crippen MR) is 83.2 cm³/mol. The van der Waals surface area contributed by atoms with Crippen LogP contribution in [-0.4, -0.2) is 43.6 Å². The number of hydrogen-bond acceptors (Lipinski definition) is 3. The predicted octanol–water partition coefficient (Wildman–Crippen LogP) is 2.61. The maximum absolute atomic E-state index is 12.7. The van der Waals surface area contributed by atoms with E-state index in [1.54, 1.807) is 12.3 Å². The lowest BCUT2D eigenvalue weighted by molar-refractivity contribution is 0.135. The molecule has 0 atom stereocenters. The summed E-state index contributed by atoms with van der Waals surface area (Å²) in [5, 5.41) is 0. The Kier molecular flexibility index (Phi) is 5.71. The monoisotopic (exact) mass is 334 g/mol. The fraction of sp³-hybridized carbons (Fsp3) is 0.714. The van der Waals surface area contributed by atoms with E-state index in [1.165, 1.54) is 4.31 Å². The summed E-state index contributed by atoms with van der Waals surface area (Å²) >= 11 is 5.93. The molecule has 5 nitrogen and oxygen atoms in total. The number of nitrogens with zero attached hydrogens (tertiary/aromatic N) is 2. The SMILES string of the molecule is CCOCCN(CC)S(=O)(=O)c1cc(CCl)n(C2CC2)c1. The molecule has 0 aromatic carbocycles. The van der Waals surface area contributed by atoms with Gasteiger partial charge in [-0.15, -0.1) is 11.6 Å². The van der Waals surface area contributed by atoms with Crippen molar-refractivity contribution in [1.29, 1.82) is 0 Å². The third-order valence-electron chi connectivity index (χ3n) is 3.66. The normalized spacial score (nSPS) is 15.8. The van der Waals surface area contributed by atoms with E-state index in [4.69, 9.17) is 16.3 Å². The van der Waals surface area contributed by atoms with E-state index in [2.05, 4.69) is 0 Å². The number of sulfonamides is 1. The van der Waals surface area contributed by atoms with Gasteiger partial charge in [0, 0.05) is 37.6 Å². The minimum atomic E-state index is -3.48. The van der Waals surface area contributed by atoms with Crippen molar-refractivity contribution in [3.05, 3.63) is 18.0 Å². The first-order chi connectivity index (χ1) is 10.0. The first kappa shape index (κ1) is 16.8. The minimum Gasteiger partial charge on any atom is -0.380 e.